The molecule has 3 aromatic rings. The van der Waals surface area contributed by atoms with Crippen LogP contribution in [0.3, 0.4) is 0 Å². The van der Waals surface area contributed by atoms with Crippen molar-refractivity contribution in [2.75, 3.05) is 0 Å². The Labute approximate surface area is 130 Å². The number of hydrogen-bond donors (Lipinski definition) is 1. The quantitative estimate of drug-likeness (QED) is 0.795. The zero-order valence-corrected chi connectivity index (χ0v) is 12.5. The van der Waals surface area contributed by atoms with Gasteiger partial charge in [0.2, 0.25) is 16.9 Å². The molecule has 2 aromatic heterocycles. The number of fused-ring (bicyclic) bond motifs is 1. The van der Waals surface area contributed by atoms with Crippen molar-refractivity contribution < 1.29 is 23.5 Å². The molecular formula is C17H14O6. The fourth-order valence-corrected chi connectivity index (χ4v) is 2.19. The molecule has 1 atom stereocenters. The number of rotatable bonds is 4. The fourth-order valence-electron chi connectivity index (χ4n) is 2.19. The Morgan fingerprint density at radius 1 is 1.30 bits per heavy atom. The minimum atomic E-state index is -1.20. The van der Waals surface area contributed by atoms with E-state index in [1.165, 1.54) is 13.2 Å². The highest BCUT2D eigenvalue weighted by Gasteiger charge is 2.23. The Kier molecular flexibility index (Phi) is 3.65. The van der Waals surface area contributed by atoms with Crippen LogP contribution in [0.5, 0.6) is 5.75 Å². The van der Waals surface area contributed by atoms with Crippen molar-refractivity contribution in [1.29, 1.82) is 0 Å². The number of carboxylic acids is 1. The summed E-state index contributed by atoms with van der Waals surface area (Å²) in [4.78, 5) is 23.7. The first-order valence-corrected chi connectivity index (χ1v) is 6.98. The highest BCUT2D eigenvalue weighted by molar-refractivity contribution is 5.82. The first kappa shape index (κ1) is 14.9. The number of carboxylic acid groups (broad SMARTS) is 1. The lowest BCUT2D eigenvalue weighted by Gasteiger charge is -2.13. The summed E-state index contributed by atoms with van der Waals surface area (Å²) in [6.07, 6.45) is 0.231. The number of benzene rings is 1. The molecule has 3 rings (SSSR count). The molecule has 6 heteroatoms. The van der Waals surface area contributed by atoms with Crippen LogP contribution in [-0.4, -0.2) is 17.2 Å². The molecule has 0 aliphatic heterocycles. The van der Waals surface area contributed by atoms with E-state index in [1.54, 1.807) is 30.3 Å². The van der Waals surface area contributed by atoms with Crippen molar-refractivity contribution in [3.8, 4) is 17.3 Å². The van der Waals surface area contributed by atoms with Crippen molar-refractivity contribution in [3.05, 3.63) is 52.4 Å². The second-order valence-electron chi connectivity index (χ2n) is 5.16. The molecule has 0 saturated carbocycles. The minimum absolute atomic E-state index is 0.0752. The Bertz CT molecular complexity index is 920. The molecule has 0 aliphatic rings. The van der Waals surface area contributed by atoms with E-state index < -0.39 is 17.5 Å². The lowest BCUT2D eigenvalue weighted by atomic mass is 10.1. The molecule has 23 heavy (non-hydrogen) atoms. The zero-order valence-electron chi connectivity index (χ0n) is 12.5. The summed E-state index contributed by atoms with van der Waals surface area (Å²) >= 11 is 0. The van der Waals surface area contributed by atoms with Gasteiger partial charge in [-0.2, -0.15) is 0 Å². The number of carbonyl (C=O) groups is 1. The molecule has 0 bridgehead atoms. The summed E-state index contributed by atoms with van der Waals surface area (Å²) in [5, 5.41) is 9.34. The molecule has 1 unspecified atom stereocenters. The fraction of sp³-hybridized carbons (Fsp3) is 0.176. The van der Waals surface area contributed by atoms with E-state index in [9.17, 15) is 9.59 Å². The molecular weight excluding hydrogens is 300 g/mol. The predicted molar refractivity (Wildman–Crippen MR) is 82.6 cm³/mol. The van der Waals surface area contributed by atoms with Crippen LogP contribution in [0.15, 0.2) is 50.2 Å². The molecule has 118 valence electrons. The van der Waals surface area contributed by atoms with Gasteiger partial charge in [0.15, 0.2) is 11.9 Å². The van der Waals surface area contributed by atoms with Gasteiger partial charge in [0.25, 0.3) is 0 Å². The molecule has 0 radical (unpaired) electrons. The predicted octanol–water partition coefficient (Wildman–Crippen LogP) is 3.21. The van der Waals surface area contributed by atoms with Crippen LogP contribution in [0.2, 0.25) is 0 Å². The van der Waals surface area contributed by atoms with Crippen LogP contribution in [0, 0.1) is 6.92 Å². The Morgan fingerprint density at radius 3 is 2.74 bits per heavy atom. The summed E-state index contributed by atoms with van der Waals surface area (Å²) in [5.74, 6) is -0.991. The van der Waals surface area contributed by atoms with Crippen LogP contribution in [-0.2, 0) is 4.79 Å². The van der Waals surface area contributed by atoms with Gasteiger partial charge in [-0.1, -0.05) is 6.07 Å². The Morgan fingerprint density at radius 2 is 2.09 bits per heavy atom. The number of furan rings is 1. The average molecular weight is 314 g/mol. The first-order chi connectivity index (χ1) is 11.0. The van der Waals surface area contributed by atoms with Gasteiger partial charge in [-0.3, -0.25) is 4.79 Å². The third kappa shape index (κ3) is 2.70. The molecule has 2 heterocycles. The minimum Gasteiger partial charge on any atom is -0.479 e. The Balaban J connectivity index is 2.28. The summed E-state index contributed by atoms with van der Waals surface area (Å²) in [5.41, 5.74) is 0.876. The average Bonchev–Trinajstić information content (AvgIpc) is 3.03. The number of aliphatic carboxylic acids is 1. The molecule has 1 N–H and O–H groups in total. The van der Waals surface area contributed by atoms with E-state index in [2.05, 4.69) is 0 Å². The van der Waals surface area contributed by atoms with E-state index in [0.717, 1.165) is 5.56 Å². The van der Waals surface area contributed by atoms with Crippen molar-refractivity contribution in [3.63, 3.8) is 0 Å². The van der Waals surface area contributed by atoms with Crippen molar-refractivity contribution in [1.82, 2.24) is 0 Å². The normalized spacial score (nSPS) is 12.3. The maximum atomic E-state index is 12.7. The van der Waals surface area contributed by atoms with E-state index >= 15 is 0 Å². The molecule has 0 saturated heterocycles. The molecule has 1 aromatic carbocycles. The monoisotopic (exact) mass is 314 g/mol. The summed E-state index contributed by atoms with van der Waals surface area (Å²) in [6.45, 7) is 3.22. The number of hydrogen-bond acceptors (Lipinski definition) is 5. The van der Waals surface area contributed by atoms with Gasteiger partial charge in [-0.15, -0.1) is 0 Å². The van der Waals surface area contributed by atoms with Gasteiger partial charge in [-0.25, -0.2) is 4.79 Å². The van der Waals surface area contributed by atoms with Gasteiger partial charge < -0.3 is 18.7 Å². The second-order valence-corrected chi connectivity index (χ2v) is 5.16. The smallest absolute Gasteiger partial charge is 0.344 e. The first-order valence-electron chi connectivity index (χ1n) is 6.98. The highest BCUT2D eigenvalue weighted by Crippen LogP contribution is 2.32. The van der Waals surface area contributed by atoms with Crippen LogP contribution < -0.4 is 10.2 Å². The number of ether oxygens (including phenoxy) is 1. The van der Waals surface area contributed by atoms with Crippen molar-refractivity contribution >= 4 is 16.9 Å². The molecule has 0 aliphatic carbocycles. The van der Waals surface area contributed by atoms with E-state index in [-0.39, 0.29) is 17.3 Å². The summed E-state index contributed by atoms with van der Waals surface area (Å²) in [7, 11) is 0. The maximum Gasteiger partial charge on any atom is 0.344 e. The van der Waals surface area contributed by atoms with E-state index in [4.69, 9.17) is 18.7 Å². The Hall–Kier alpha value is -3.02. The topological polar surface area (TPSA) is 89.9 Å². The lowest BCUT2D eigenvalue weighted by molar-refractivity contribution is -0.144. The molecule has 0 fully saturated rings. The second kappa shape index (κ2) is 5.64. The lowest BCUT2D eigenvalue weighted by Crippen LogP contribution is -2.26. The van der Waals surface area contributed by atoms with Crippen LogP contribution in [0.4, 0.5) is 0 Å². The SMILES string of the molecule is Cc1ccc2c(=O)c(OC(C)C(=O)O)c(-c3ccco3)oc2c1. The van der Waals surface area contributed by atoms with Gasteiger partial charge in [0, 0.05) is 0 Å². The van der Waals surface area contributed by atoms with Crippen molar-refractivity contribution in [2.45, 2.75) is 20.0 Å². The van der Waals surface area contributed by atoms with E-state index in [0.29, 0.717) is 11.0 Å². The van der Waals surface area contributed by atoms with Gasteiger partial charge in [0.1, 0.15) is 5.58 Å². The summed E-state index contributed by atoms with van der Waals surface area (Å²) < 4.78 is 16.4. The molecule has 6 nitrogen and oxygen atoms in total. The molecule has 0 amide bonds. The van der Waals surface area contributed by atoms with Crippen LogP contribution in [0.25, 0.3) is 22.5 Å². The number of aryl methyl sites for hydroxylation is 1. The van der Waals surface area contributed by atoms with Gasteiger partial charge in [-0.05, 0) is 43.7 Å². The maximum absolute atomic E-state index is 12.7. The van der Waals surface area contributed by atoms with Crippen LogP contribution in [0.1, 0.15) is 12.5 Å². The zero-order chi connectivity index (χ0) is 16.6. The highest BCUT2D eigenvalue weighted by atomic mass is 16.5. The summed E-state index contributed by atoms with van der Waals surface area (Å²) in [6, 6.07) is 8.38. The van der Waals surface area contributed by atoms with Crippen LogP contribution >= 0.6 is 0 Å². The molecule has 0 spiro atoms. The third-order valence-electron chi connectivity index (χ3n) is 3.39. The van der Waals surface area contributed by atoms with E-state index in [1.807, 2.05) is 6.92 Å². The standard InChI is InChI=1S/C17H14O6/c1-9-5-6-11-13(8-9)23-15(12-4-3-7-21-12)16(14(11)18)22-10(2)17(19)20/h3-8,10H,1-2H3,(H,19,20). The largest absolute Gasteiger partial charge is 0.479 e. The van der Waals surface area contributed by atoms with Gasteiger partial charge in [0.05, 0.1) is 11.6 Å². The van der Waals surface area contributed by atoms with Crippen molar-refractivity contribution in [2.24, 2.45) is 0 Å². The van der Waals surface area contributed by atoms with Gasteiger partial charge >= 0.3 is 5.97 Å². The third-order valence-corrected chi connectivity index (χ3v) is 3.39.